The molecule has 2 rings (SSSR count). The van der Waals surface area contributed by atoms with Crippen molar-refractivity contribution in [2.24, 2.45) is 5.84 Å². The van der Waals surface area contributed by atoms with E-state index in [0.29, 0.717) is 11.3 Å². The molecule has 0 aliphatic carbocycles. The molecule has 4 heteroatoms. The van der Waals surface area contributed by atoms with Gasteiger partial charge in [-0.05, 0) is 36.6 Å². The molecule has 0 spiro atoms. The van der Waals surface area contributed by atoms with Crippen LogP contribution in [0.5, 0.6) is 0 Å². The zero-order valence-electron chi connectivity index (χ0n) is 9.34. The van der Waals surface area contributed by atoms with Crippen molar-refractivity contribution in [3.8, 4) is 0 Å². The molecule has 0 aliphatic heterocycles. The maximum Gasteiger partial charge on any atom is 0.149 e. The molecule has 3 N–H and O–H groups in total. The fourth-order valence-electron chi connectivity index (χ4n) is 1.80. The Hall–Kier alpha value is -1.68. The molecule has 0 saturated carbocycles. The smallest absolute Gasteiger partial charge is 0.149 e. The number of nitrogen functional groups attached to an aromatic ring is 1. The molecule has 16 heavy (non-hydrogen) atoms. The maximum atomic E-state index is 13.6. The third-order valence-corrected chi connectivity index (χ3v) is 2.75. The van der Waals surface area contributed by atoms with E-state index in [4.69, 9.17) is 5.84 Å². The lowest BCUT2D eigenvalue weighted by atomic mass is 10.1. The number of aryl methyl sites for hydroxylation is 2. The summed E-state index contributed by atoms with van der Waals surface area (Å²) >= 11 is 0. The van der Waals surface area contributed by atoms with Crippen molar-refractivity contribution in [1.29, 1.82) is 0 Å². The molecule has 84 valence electrons. The highest BCUT2D eigenvalue weighted by molar-refractivity contribution is 5.85. The minimum absolute atomic E-state index is 0.320. The lowest BCUT2D eigenvalue weighted by Crippen LogP contribution is -2.11. The summed E-state index contributed by atoms with van der Waals surface area (Å²) in [7, 11) is 0. The Bertz CT molecular complexity index is 489. The van der Waals surface area contributed by atoms with Crippen molar-refractivity contribution >= 4 is 16.7 Å². The second kappa shape index (κ2) is 4.06. The van der Waals surface area contributed by atoms with Crippen molar-refractivity contribution in [3.05, 3.63) is 35.1 Å². The van der Waals surface area contributed by atoms with Crippen molar-refractivity contribution in [2.45, 2.75) is 20.3 Å². The number of halogens is 1. The minimum Gasteiger partial charge on any atom is -0.308 e. The first-order valence-corrected chi connectivity index (χ1v) is 5.22. The predicted molar refractivity (Wildman–Crippen MR) is 63.6 cm³/mol. The van der Waals surface area contributed by atoms with Crippen LogP contribution >= 0.6 is 0 Å². The van der Waals surface area contributed by atoms with E-state index >= 15 is 0 Å². The van der Waals surface area contributed by atoms with Crippen LogP contribution in [0.4, 0.5) is 10.2 Å². The van der Waals surface area contributed by atoms with Crippen LogP contribution in [0.2, 0.25) is 0 Å². The third-order valence-electron chi connectivity index (χ3n) is 2.75. The predicted octanol–water partition coefficient (Wildman–Crippen LogP) is 2.53. The summed E-state index contributed by atoms with van der Waals surface area (Å²) in [6, 6.07) is 5.13. The zero-order valence-corrected chi connectivity index (χ0v) is 9.34. The molecule has 0 aliphatic rings. The van der Waals surface area contributed by atoms with Gasteiger partial charge in [0.05, 0.1) is 0 Å². The first-order valence-electron chi connectivity index (χ1n) is 5.22. The number of nitrogens with one attached hydrogen (secondary N) is 1. The highest BCUT2D eigenvalue weighted by Crippen LogP contribution is 2.25. The highest BCUT2D eigenvalue weighted by atomic mass is 19.1. The van der Waals surface area contributed by atoms with Gasteiger partial charge >= 0.3 is 0 Å². The Morgan fingerprint density at radius 3 is 2.81 bits per heavy atom. The molecule has 0 bridgehead atoms. The van der Waals surface area contributed by atoms with E-state index < -0.39 is 0 Å². The number of pyridine rings is 1. The standard InChI is InChI=1S/C12H14FN3/c1-3-8-6-9-7(2)4-5-10(13)11(9)15-12(8)16-14/h4-6H,3,14H2,1-2H3,(H,15,16). The molecule has 1 heterocycles. The summed E-state index contributed by atoms with van der Waals surface area (Å²) in [5, 5.41) is 0.843. The number of benzene rings is 1. The Balaban J connectivity index is 2.82. The van der Waals surface area contributed by atoms with Gasteiger partial charge in [-0.3, -0.25) is 0 Å². The van der Waals surface area contributed by atoms with Gasteiger partial charge in [0.25, 0.3) is 0 Å². The van der Waals surface area contributed by atoms with Gasteiger partial charge in [-0.25, -0.2) is 15.2 Å². The van der Waals surface area contributed by atoms with Crippen LogP contribution in [-0.2, 0) is 6.42 Å². The van der Waals surface area contributed by atoms with E-state index in [2.05, 4.69) is 10.4 Å². The van der Waals surface area contributed by atoms with Gasteiger partial charge < -0.3 is 5.43 Å². The molecule has 1 aromatic carbocycles. The summed E-state index contributed by atoms with van der Waals surface area (Å²) in [5.41, 5.74) is 4.88. The molecule has 1 aromatic heterocycles. The highest BCUT2D eigenvalue weighted by Gasteiger charge is 2.09. The third kappa shape index (κ3) is 1.61. The summed E-state index contributed by atoms with van der Waals surface area (Å²) in [6.45, 7) is 3.96. The molecule has 0 saturated heterocycles. The largest absolute Gasteiger partial charge is 0.308 e. The molecule has 0 radical (unpaired) electrons. The van der Waals surface area contributed by atoms with Crippen LogP contribution < -0.4 is 11.3 Å². The number of anilines is 1. The van der Waals surface area contributed by atoms with Gasteiger partial charge in [0.2, 0.25) is 0 Å². The SMILES string of the molecule is CCc1cc2c(C)ccc(F)c2nc1NN. The second-order valence-electron chi connectivity index (χ2n) is 3.75. The van der Waals surface area contributed by atoms with E-state index in [0.717, 1.165) is 22.9 Å². The molecule has 0 amide bonds. The molecule has 0 unspecified atom stereocenters. The number of hydrogen-bond acceptors (Lipinski definition) is 3. The number of hydrogen-bond donors (Lipinski definition) is 2. The number of nitrogens with zero attached hydrogens (tertiary/aromatic N) is 1. The molecular formula is C12H14FN3. The number of nitrogens with two attached hydrogens (primary N) is 1. The van der Waals surface area contributed by atoms with E-state index in [9.17, 15) is 4.39 Å². The monoisotopic (exact) mass is 219 g/mol. The van der Waals surface area contributed by atoms with Crippen LogP contribution in [0, 0.1) is 12.7 Å². The van der Waals surface area contributed by atoms with Crippen molar-refractivity contribution < 1.29 is 4.39 Å². The average molecular weight is 219 g/mol. The molecular weight excluding hydrogens is 205 g/mol. The van der Waals surface area contributed by atoms with Gasteiger partial charge in [0.1, 0.15) is 17.2 Å². The summed E-state index contributed by atoms with van der Waals surface area (Å²) in [5.74, 6) is 5.59. The van der Waals surface area contributed by atoms with Crippen LogP contribution in [-0.4, -0.2) is 4.98 Å². The minimum atomic E-state index is -0.320. The normalized spacial score (nSPS) is 10.8. The van der Waals surface area contributed by atoms with Gasteiger partial charge in [-0.15, -0.1) is 0 Å². The Morgan fingerprint density at radius 2 is 2.19 bits per heavy atom. The van der Waals surface area contributed by atoms with Gasteiger partial charge in [0, 0.05) is 5.39 Å². The summed E-state index contributed by atoms with van der Waals surface area (Å²) < 4.78 is 13.6. The number of aromatic nitrogens is 1. The molecule has 3 nitrogen and oxygen atoms in total. The fourth-order valence-corrected chi connectivity index (χ4v) is 1.80. The number of rotatable bonds is 2. The fraction of sp³-hybridized carbons (Fsp3) is 0.250. The number of fused-ring (bicyclic) bond motifs is 1. The number of hydrazine groups is 1. The summed E-state index contributed by atoms with van der Waals surface area (Å²) in [6.07, 6.45) is 0.804. The Labute approximate surface area is 93.5 Å². The van der Waals surface area contributed by atoms with Crippen molar-refractivity contribution in [2.75, 3.05) is 5.43 Å². The van der Waals surface area contributed by atoms with Crippen LogP contribution in [0.15, 0.2) is 18.2 Å². The topological polar surface area (TPSA) is 50.9 Å². The Morgan fingerprint density at radius 1 is 1.44 bits per heavy atom. The van der Waals surface area contributed by atoms with Gasteiger partial charge in [-0.2, -0.15) is 0 Å². The maximum absolute atomic E-state index is 13.6. The van der Waals surface area contributed by atoms with E-state index in [1.807, 2.05) is 19.9 Å². The molecule has 0 fully saturated rings. The van der Waals surface area contributed by atoms with E-state index in [1.54, 1.807) is 6.07 Å². The lowest BCUT2D eigenvalue weighted by molar-refractivity contribution is 0.636. The second-order valence-corrected chi connectivity index (χ2v) is 3.75. The van der Waals surface area contributed by atoms with Crippen LogP contribution in [0.1, 0.15) is 18.1 Å². The van der Waals surface area contributed by atoms with Crippen molar-refractivity contribution in [1.82, 2.24) is 4.98 Å². The molecule has 2 aromatic rings. The van der Waals surface area contributed by atoms with E-state index in [-0.39, 0.29) is 5.82 Å². The molecule has 0 atom stereocenters. The van der Waals surface area contributed by atoms with Crippen LogP contribution in [0.25, 0.3) is 10.9 Å². The lowest BCUT2D eigenvalue weighted by Gasteiger charge is -2.10. The first-order chi connectivity index (χ1) is 7.67. The summed E-state index contributed by atoms with van der Waals surface area (Å²) in [4.78, 5) is 4.21. The first kappa shape index (κ1) is 10.8. The Kier molecular flexibility index (Phi) is 2.75. The van der Waals surface area contributed by atoms with Gasteiger partial charge in [0.15, 0.2) is 0 Å². The quantitative estimate of drug-likeness (QED) is 0.602. The van der Waals surface area contributed by atoms with Crippen LogP contribution in [0.3, 0.4) is 0 Å². The van der Waals surface area contributed by atoms with Gasteiger partial charge in [-0.1, -0.05) is 13.0 Å². The average Bonchev–Trinajstić information content (AvgIpc) is 2.32. The zero-order chi connectivity index (χ0) is 11.7. The van der Waals surface area contributed by atoms with E-state index in [1.165, 1.54) is 6.07 Å². The van der Waals surface area contributed by atoms with Crippen molar-refractivity contribution in [3.63, 3.8) is 0 Å².